The fraction of sp³-hybridized carbons (Fsp3) is 0.933. The number of hydrogen-bond acceptors (Lipinski definition) is 2. The van der Waals surface area contributed by atoms with Crippen LogP contribution < -0.4 is 5.32 Å². The molecule has 1 aliphatic carbocycles. The first kappa shape index (κ1) is 13.9. The van der Waals surface area contributed by atoms with E-state index in [1.54, 1.807) is 0 Å². The van der Waals surface area contributed by atoms with Crippen molar-refractivity contribution in [2.75, 3.05) is 19.6 Å². The van der Waals surface area contributed by atoms with E-state index in [1.807, 2.05) is 0 Å². The lowest BCUT2D eigenvalue weighted by Gasteiger charge is -2.41. The minimum absolute atomic E-state index is 0.0708. The minimum atomic E-state index is 0.0708. The lowest BCUT2D eigenvalue weighted by molar-refractivity contribution is -0.136. The van der Waals surface area contributed by atoms with E-state index in [1.165, 1.54) is 32.1 Å². The summed E-state index contributed by atoms with van der Waals surface area (Å²) in [6, 6.07) is 0. The van der Waals surface area contributed by atoms with Crippen LogP contribution in [0.15, 0.2) is 0 Å². The van der Waals surface area contributed by atoms with E-state index in [2.05, 4.69) is 31.0 Å². The summed E-state index contributed by atoms with van der Waals surface area (Å²) >= 11 is 0. The molecule has 3 nitrogen and oxygen atoms in total. The van der Waals surface area contributed by atoms with Crippen molar-refractivity contribution in [3.05, 3.63) is 0 Å². The van der Waals surface area contributed by atoms with Crippen molar-refractivity contribution in [2.45, 2.75) is 64.8 Å². The average Bonchev–Trinajstić information content (AvgIpc) is 2.28. The molecule has 2 fully saturated rings. The third-order valence-electron chi connectivity index (χ3n) is 4.56. The fourth-order valence-electron chi connectivity index (χ4n) is 3.41. The molecular weight excluding hydrogens is 224 g/mol. The molecule has 1 amide bonds. The van der Waals surface area contributed by atoms with Crippen LogP contribution in [0.5, 0.6) is 0 Å². The molecule has 0 radical (unpaired) electrons. The van der Waals surface area contributed by atoms with Crippen LogP contribution in [0.4, 0.5) is 0 Å². The zero-order chi connectivity index (χ0) is 13.2. The molecule has 0 aromatic rings. The van der Waals surface area contributed by atoms with E-state index in [9.17, 15) is 4.79 Å². The van der Waals surface area contributed by atoms with Gasteiger partial charge in [-0.2, -0.15) is 0 Å². The number of piperazine rings is 1. The molecule has 1 heterocycles. The maximum absolute atomic E-state index is 12.5. The molecule has 0 unspecified atom stereocenters. The number of rotatable bonds is 2. The van der Waals surface area contributed by atoms with Crippen LogP contribution in [-0.4, -0.2) is 36.0 Å². The molecule has 1 saturated carbocycles. The van der Waals surface area contributed by atoms with Gasteiger partial charge in [0, 0.05) is 31.6 Å². The molecule has 2 aliphatic rings. The molecule has 1 aliphatic heterocycles. The second-order valence-electron chi connectivity index (χ2n) is 7.17. The summed E-state index contributed by atoms with van der Waals surface area (Å²) in [5.74, 6) is 0.369. The summed E-state index contributed by atoms with van der Waals surface area (Å²) in [5, 5.41) is 3.46. The second kappa shape index (κ2) is 5.20. The maximum atomic E-state index is 12.5. The van der Waals surface area contributed by atoms with Crippen molar-refractivity contribution in [2.24, 2.45) is 5.41 Å². The standard InChI is InChI=1S/C15H28N2O/c1-14(2)12-17(10-9-16-14)13(18)11-15(3)7-5-4-6-8-15/h16H,4-12H2,1-3H3. The Bertz CT molecular complexity index is 306. The van der Waals surface area contributed by atoms with Crippen LogP contribution in [0.1, 0.15) is 59.3 Å². The highest BCUT2D eigenvalue weighted by Crippen LogP contribution is 2.39. The molecule has 0 aromatic heterocycles. The van der Waals surface area contributed by atoms with Crippen molar-refractivity contribution in [3.8, 4) is 0 Å². The lowest BCUT2D eigenvalue weighted by atomic mass is 9.73. The Kier molecular flexibility index (Phi) is 4.00. The van der Waals surface area contributed by atoms with Gasteiger partial charge in [-0.25, -0.2) is 0 Å². The van der Waals surface area contributed by atoms with Crippen LogP contribution in [-0.2, 0) is 4.79 Å². The van der Waals surface area contributed by atoms with E-state index in [0.29, 0.717) is 5.91 Å². The molecule has 1 saturated heterocycles. The predicted octanol–water partition coefficient (Wildman–Crippen LogP) is 2.56. The highest BCUT2D eigenvalue weighted by molar-refractivity contribution is 5.77. The molecule has 0 atom stereocenters. The summed E-state index contributed by atoms with van der Waals surface area (Å²) in [6.07, 6.45) is 7.17. The number of hydrogen-bond donors (Lipinski definition) is 1. The highest BCUT2D eigenvalue weighted by Gasteiger charge is 2.34. The van der Waals surface area contributed by atoms with Gasteiger partial charge >= 0.3 is 0 Å². The smallest absolute Gasteiger partial charge is 0.223 e. The molecule has 18 heavy (non-hydrogen) atoms. The largest absolute Gasteiger partial charge is 0.340 e. The van der Waals surface area contributed by atoms with Gasteiger partial charge in [0.2, 0.25) is 5.91 Å². The monoisotopic (exact) mass is 252 g/mol. The zero-order valence-corrected chi connectivity index (χ0v) is 12.2. The van der Waals surface area contributed by atoms with Crippen molar-refractivity contribution in [3.63, 3.8) is 0 Å². The Morgan fingerprint density at radius 1 is 1.17 bits per heavy atom. The Labute approximate surface area is 111 Å². The van der Waals surface area contributed by atoms with Gasteiger partial charge in [-0.05, 0) is 32.1 Å². The van der Waals surface area contributed by atoms with Crippen molar-refractivity contribution < 1.29 is 4.79 Å². The molecule has 3 heteroatoms. The SMILES string of the molecule is CC1(CC(=O)N2CCNC(C)(C)C2)CCCCC1. The number of amides is 1. The van der Waals surface area contributed by atoms with Crippen molar-refractivity contribution >= 4 is 5.91 Å². The van der Waals surface area contributed by atoms with Crippen LogP contribution in [0.2, 0.25) is 0 Å². The first-order valence-electron chi connectivity index (χ1n) is 7.43. The second-order valence-corrected chi connectivity index (χ2v) is 7.17. The Morgan fingerprint density at radius 2 is 1.83 bits per heavy atom. The summed E-state index contributed by atoms with van der Waals surface area (Å²) < 4.78 is 0. The molecule has 2 rings (SSSR count). The zero-order valence-electron chi connectivity index (χ0n) is 12.2. The summed E-state index contributed by atoms with van der Waals surface area (Å²) in [5.41, 5.74) is 0.339. The van der Waals surface area contributed by atoms with Gasteiger partial charge in [0.25, 0.3) is 0 Å². The Morgan fingerprint density at radius 3 is 2.44 bits per heavy atom. The number of nitrogens with one attached hydrogen (secondary N) is 1. The van der Waals surface area contributed by atoms with Gasteiger partial charge < -0.3 is 10.2 Å². The van der Waals surface area contributed by atoms with Crippen LogP contribution in [0, 0.1) is 5.41 Å². The fourth-order valence-corrected chi connectivity index (χ4v) is 3.41. The first-order valence-corrected chi connectivity index (χ1v) is 7.43. The van der Waals surface area contributed by atoms with E-state index in [-0.39, 0.29) is 11.0 Å². The van der Waals surface area contributed by atoms with Gasteiger partial charge in [0.15, 0.2) is 0 Å². The first-order chi connectivity index (χ1) is 8.40. The van der Waals surface area contributed by atoms with Crippen LogP contribution in [0.25, 0.3) is 0 Å². The van der Waals surface area contributed by atoms with Gasteiger partial charge in [-0.1, -0.05) is 26.2 Å². The van der Waals surface area contributed by atoms with Crippen LogP contribution in [0.3, 0.4) is 0 Å². The van der Waals surface area contributed by atoms with Gasteiger partial charge in [-0.15, -0.1) is 0 Å². The molecular formula is C15H28N2O. The van der Waals surface area contributed by atoms with Gasteiger partial charge in [0.05, 0.1) is 0 Å². The Balaban J connectivity index is 1.91. The van der Waals surface area contributed by atoms with Gasteiger partial charge in [-0.3, -0.25) is 4.79 Å². The molecule has 1 N–H and O–H groups in total. The van der Waals surface area contributed by atoms with Crippen molar-refractivity contribution in [1.82, 2.24) is 10.2 Å². The topological polar surface area (TPSA) is 32.3 Å². The van der Waals surface area contributed by atoms with E-state index < -0.39 is 0 Å². The van der Waals surface area contributed by atoms with E-state index in [4.69, 9.17) is 0 Å². The molecule has 0 bridgehead atoms. The Hall–Kier alpha value is -0.570. The number of carbonyl (C=O) groups excluding carboxylic acids is 1. The number of nitrogens with zero attached hydrogens (tertiary/aromatic N) is 1. The summed E-state index contributed by atoms with van der Waals surface area (Å²) in [7, 11) is 0. The third-order valence-corrected chi connectivity index (χ3v) is 4.56. The van der Waals surface area contributed by atoms with Crippen molar-refractivity contribution in [1.29, 1.82) is 0 Å². The molecule has 0 spiro atoms. The molecule has 0 aromatic carbocycles. The van der Waals surface area contributed by atoms with E-state index in [0.717, 1.165) is 26.1 Å². The summed E-state index contributed by atoms with van der Waals surface area (Å²) in [4.78, 5) is 14.5. The van der Waals surface area contributed by atoms with E-state index >= 15 is 0 Å². The van der Waals surface area contributed by atoms with Gasteiger partial charge in [0.1, 0.15) is 0 Å². The normalized spacial score (nSPS) is 26.9. The highest BCUT2D eigenvalue weighted by atomic mass is 16.2. The predicted molar refractivity (Wildman–Crippen MR) is 74.5 cm³/mol. The quantitative estimate of drug-likeness (QED) is 0.819. The minimum Gasteiger partial charge on any atom is -0.340 e. The van der Waals surface area contributed by atoms with Crippen LogP contribution >= 0.6 is 0 Å². The summed E-state index contributed by atoms with van der Waals surface area (Å²) in [6.45, 7) is 9.30. The lowest BCUT2D eigenvalue weighted by Crippen LogP contribution is -2.58. The molecule has 104 valence electrons. The third kappa shape index (κ3) is 3.47. The number of carbonyl (C=O) groups is 1. The maximum Gasteiger partial charge on any atom is 0.223 e. The average molecular weight is 252 g/mol.